The molecule has 0 aliphatic rings. The SMILES string of the molecule is C.CC(C)(C)OC(=O)C(C)(C)C.CN=C(NNC)SC.CNN=C(N)SC.CNNC(N)=S.NNC(N)=S. The van der Waals surface area contributed by atoms with E-state index in [1.54, 1.807) is 40.0 Å². The average molecular weight is 623 g/mol. The van der Waals surface area contributed by atoms with Gasteiger partial charge in [-0.3, -0.25) is 15.2 Å². The predicted molar refractivity (Wildman–Crippen MR) is 178 cm³/mol. The zero-order valence-electron chi connectivity index (χ0n) is 24.2. The lowest BCUT2D eigenvalue weighted by molar-refractivity contribution is -0.164. The Morgan fingerprint density at radius 1 is 0.868 bits per heavy atom. The number of rotatable bonds is 3. The molecule has 0 aromatic heterocycles. The minimum atomic E-state index is -0.396. The van der Waals surface area contributed by atoms with Gasteiger partial charge in [0.1, 0.15) is 5.60 Å². The van der Waals surface area contributed by atoms with Gasteiger partial charge in [-0.1, -0.05) is 31.0 Å². The Bertz CT molecular complexity index is 653. The Morgan fingerprint density at radius 2 is 1.29 bits per heavy atom. The summed E-state index contributed by atoms with van der Waals surface area (Å²) in [6, 6.07) is 0. The number of esters is 1. The molecule has 38 heavy (non-hydrogen) atoms. The molecule has 0 amide bonds. The summed E-state index contributed by atoms with van der Waals surface area (Å²) < 4.78 is 5.16. The van der Waals surface area contributed by atoms with E-state index in [2.05, 4.69) is 67.5 Å². The Hall–Kier alpha value is -1.83. The van der Waals surface area contributed by atoms with Gasteiger partial charge in [-0.15, -0.1) is 0 Å². The lowest BCUT2D eigenvalue weighted by Gasteiger charge is -2.25. The number of thioether (sulfide) groups is 2. The Kier molecular flexibility index (Phi) is 40.6. The number of hydrogen-bond donors (Lipinski definition) is 10. The molecule has 0 saturated heterocycles. The molecule has 14 N–H and O–H groups in total. The van der Waals surface area contributed by atoms with Crippen LogP contribution < -0.4 is 55.6 Å². The van der Waals surface area contributed by atoms with Crippen molar-refractivity contribution in [2.45, 2.75) is 54.6 Å². The van der Waals surface area contributed by atoms with Gasteiger partial charge in [-0.25, -0.2) is 16.7 Å². The van der Waals surface area contributed by atoms with Gasteiger partial charge < -0.3 is 38.2 Å². The molecule has 230 valence electrons. The third-order valence-electron chi connectivity index (χ3n) is 2.46. The van der Waals surface area contributed by atoms with Gasteiger partial charge in [-0.2, -0.15) is 5.10 Å². The molecular weight excluding hydrogens is 569 g/mol. The van der Waals surface area contributed by atoms with Crippen molar-refractivity contribution in [3.05, 3.63) is 0 Å². The fraction of sp³-hybridized carbons (Fsp3) is 0.750. The van der Waals surface area contributed by atoms with Gasteiger partial charge in [-0.05, 0) is 78.5 Å². The number of carbonyl (C=O) groups is 1. The largest absolute Gasteiger partial charge is 0.460 e. The van der Waals surface area contributed by atoms with Gasteiger partial charge in [0.15, 0.2) is 20.6 Å². The molecule has 0 fully saturated rings. The number of aliphatic imine (C=N–C) groups is 1. The van der Waals surface area contributed by atoms with Crippen LogP contribution in [-0.2, 0) is 9.53 Å². The van der Waals surface area contributed by atoms with E-state index in [0.717, 1.165) is 5.17 Å². The maximum atomic E-state index is 11.3. The summed E-state index contributed by atoms with van der Waals surface area (Å²) in [7, 11) is 6.96. The van der Waals surface area contributed by atoms with Crippen LogP contribution in [-0.4, -0.2) is 72.8 Å². The van der Waals surface area contributed by atoms with E-state index in [9.17, 15) is 4.79 Å². The smallest absolute Gasteiger partial charge is 0.311 e. The topological polar surface area (TPSA) is 227 Å². The van der Waals surface area contributed by atoms with E-state index < -0.39 is 5.41 Å². The van der Waals surface area contributed by atoms with Crippen molar-refractivity contribution < 1.29 is 9.53 Å². The number of nitrogens with zero attached hydrogens (tertiary/aromatic N) is 2. The second-order valence-corrected chi connectivity index (χ2v) is 10.5. The summed E-state index contributed by atoms with van der Waals surface area (Å²) in [4.78, 5) is 15.2. The van der Waals surface area contributed by atoms with Crippen LogP contribution in [0.3, 0.4) is 0 Å². The summed E-state index contributed by atoms with van der Waals surface area (Å²) in [6.07, 6.45) is 3.84. The van der Waals surface area contributed by atoms with Crippen molar-refractivity contribution in [1.82, 2.24) is 32.6 Å². The first-order valence-electron chi connectivity index (χ1n) is 10.5. The molecule has 0 rings (SSSR count). The van der Waals surface area contributed by atoms with Crippen LogP contribution in [0.15, 0.2) is 10.1 Å². The highest BCUT2D eigenvalue weighted by atomic mass is 32.2. The van der Waals surface area contributed by atoms with Crippen molar-refractivity contribution in [3.8, 4) is 0 Å². The highest BCUT2D eigenvalue weighted by Gasteiger charge is 2.27. The predicted octanol–water partition coefficient (Wildman–Crippen LogP) is 0.515. The van der Waals surface area contributed by atoms with Gasteiger partial charge in [0.25, 0.3) is 0 Å². The number of carbonyl (C=O) groups excluding carboxylic acids is 1. The molecule has 0 aromatic rings. The lowest BCUT2D eigenvalue weighted by Crippen LogP contribution is -2.37. The first kappa shape index (κ1) is 49.2. The Labute approximate surface area is 249 Å². The third kappa shape index (κ3) is 54.9. The number of hydrazine groups is 3. The van der Waals surface area contributed by atoms with E-state index in [1.807, 2.05) is 59.5 Å². The van der Waals surface area contributed by atoms with E-state index in [4.69, 9.17) is 21.9 Å². The van der Waals surface area contributed by atoms with Gasteiger partial charge in [0.05, 0.1) is 5.41 Å². The zero-order chi connectivity index (χ0) is 30.7. The van der Waals surface area contributed by atoms with E-state index in [0.29, 0.717) is 5.17 Å². The molecule has 0 atom stereocenters. The van der Waals surface area contributed by atoms with Crippen molar-refractivity contribution >= 4 is 74.5 Å². The quantitative estimate of drug-likeness (QED) is 0.0516. The standard InChI is InChI=1S/C9H18O2.C4H11N3S.C3H9N3S.C2H7N3S.CH5N3S.CH4/c1-8(2,3)7(10)11-9(4,5)6;1-5-4(8-3)7-6-2;1-5-6-3(4)7-2;1-4-5-2(3)6;2-1(5)4-3;/h1-6H3;6H,1-3H3,(H,5,7);5H,1-2H3,(H2,4,6);4H,1H3,(H3,3,5,6);3H2,(H3,2,4,5);1H4. The van der Waals surface area contributed by atoms with E-state index in [-0.39, 0.29) is 29.2 Å². The summed E-state index contributed by atoms with van der Waals surface area (Å²) in [5, 5.41) is 5.48. The molecule has 18 heteroatoms. The second kappa shape index (κ2) is 31.4. The number of amidine groups is 2. The Balaban J connectivity index is -0.0000000860. The van der Waals surface area contributed by atoms with Crippen molar-refractivity contribution in [3.63, 3.8) is 0 Å². The van der Waals surface area contributed by atoms with Crippen molar-refractivity contribution in [2.75, 3.05) is 40.7 Å². The molecule has 0 saturated carbocycles. The lowest BCUT2D eigenvalue weighted by atomic mass is 9.97. The van der Waals surface area contributed by atoms with Crippen LogP contribution in [0.25, 0.3) is 0 Å². The second-order valence-electron chi connectivity index (χ2n) is 7.99. The summed E-state index contributed by atoms with van der Waals surface area (Å²) >= 11 is 11.6. The van der Waals surface area contributed by atoms with Crippen LogP contribution in [0, 0.1) is 5.41 Å². The minimum Gasteiger partial charge on any atom is -0.460 e. The first-order valence-corrected chi connectivity index (χ1v) is 13.8. The molecule has 0 bridgehead atoms. The highest BCUT2D eigenvalue weighted by Crippen LogP contribution is 2.19. The van der Waals surface area contributed by atoms with Gasteiger partial charge in [0.2, 0.25) is 0 Å². The van der Waals surface area contributed by atoms with Crippen molar-refractivity contribution in [2.24, 2.45) is 38.6 Å². The molecule has 0 aromatic carbocycles. The van der Waals surface area contributed by atoms with Gasteiger partial charge >= 0.3 is 5.97 Å². The molecular formula is C20H54N12O2S4. The summed E-state index contributed by atoms with van der Waals surface area (Å²) in [5.74, 6) is 4.51. The van der Waals surface area contributed by atoms with Gasteiger partial charge in [0, 0.05) is 28.2 Å². The highest BCUT2D eigenvalue weighted by molar-refractivity contribution is 8.13. The minimum absolute atomic E-state index is 0. The van der Waals surface area contributed by atoms with Crippen LogP contribution in [0.2, 0.25) is 0 Å². The zero-order valence-corrected chi connectivity index (χ0v) is 27.4. The first-order chi connectivity index (χ1) is 16.8. The number of hydrogen-bond acceptors (Lipinski definition) is 12. The third-order valence-corrected chi connectivity index (χ3v) is 3.86. The molecule has 0 unspecified atom stereocenters. The van der Waals surface area contributed by atoms with Crippen LogP contribution in [0.4, 0.5) is 0 Å². The fourth-order valence-corrected chi connectivity index (χ4v) is 1.69. The van der Waals surface area contributed by atoms with Crippen LogP contribution in [0.5, 0.6) is 0 Å². The molecule has 0 aliphatic heterocycles. The number of nitrogens with one attached hydrogen (secondary N) is 6. The molecule has 14 nitrogen and oxygen atoms in total. The number of hydrazone groups is 1. The summed E-state index contributed by atoms with van der Waals surface area (Å²) in [5.41, 5.74) is 29.4. The van der Waals surface area contributed by atoms with E-state index in [1.165, 1.54) is 11.8 Å². The maximum Gasteiger partial charge on any atom is 0.311 e. The number of nitrogens with two attached hydrogens (primary N) is 4. The fourth-order valence-electron chi connectivity index (χ4n) is 1.02. The Morgan fingerprint density at radius 3 is 1.37 bits per heavy atom. The van der Waals surface area contributed by atoms with Crippen LogP contribution in [0.1, 0.15) is 49.0 Å². The van der Waals surface area contributed by atoms with Crippen LogP contribution >= 0.6 is 48.0 Å². The number of ether oxygens (including phenoxy) is 1. The molecule has 0 aliphatic carbocycles. The molecule has 0 spiro atoms. The normalized spacial score (nSPS) is 10.3. The maximum absolute atomic E-state index is 11.3. The summed E-state index contributed by atoms with van der Waals surface area (Å²) in [6.45, 7) is 11.2. The average Bonchev–Trinajstić information content (AvgIpc) is 2.77. The number of thiocarbonyl (C=S) groups is 2. The molecule has 0 heterocycles. The van der Waals surface area contributed by atoms with Crippen molar-refractivity contribution in [1.29, 1.82) is 0 Å². The van der Waals surface area contributed by atoms with E-state index >= 15 is 0 Å². The molecule has 0 radical (unpaired) electrons. The monoisotopic (exact) mass is 622 g/mol.